The summed E-state index contributed by atoms with van der Waals surface area (Å²) in [5.41, 5.74) is 4.12. The quantitative estimate of drug-likeness (QED) is 0.440. The van der Waals surface area contributed by atoms with E-state index in [1.54, 1.807) is 31.2 Å². The first-order valence-corrected chi connectivity index (χ1v) is 11.4. The largest absolute Gasteiger partial charge is 0.493 e. The molecule has 1 aliphatic rings. The number of hydrogen-bond acceptors (Lipinski definition) is 6. The molecule has 3 aromatic carbocycles. The van der Waals surface area contributed by atoms with Gasteiger partial charge in [0, 0.05) is 5.69 Å². The molecule has 0 atom stereocenters. The number of rotatable bonds is 8. The zero-order valence-electron chi connectivity index (χ0n) is 20.5. The molecule has 0 radical (unpaired) electrons. The van der Waals surface area contributed by atoms with E-state index >= 15 is 0 Å². The molecule has 37 heavy (non-hydrogen) atoms. The number of amides is 2. The Morgan fingerprint density at radius 2 is 1.70 bits per heavy atom. The maximum Gasteiger partial charge on any atom is 0.335 e. The van der Waals surface area contributed by atoms with E-state index < -0.39 is 11.9 Å². The zero-order chi connectivity index (χ0) is 26.5. The highest BCUT2D eigenvalue weighted by molar-refractivity contribution is 6.32. The molecule has 9 heteroatoms. The molecule has 0 spiro atoms. The molecule has 9 nitrogen and oxygen atoms in total. The van der Waals surface area contributed by atoms with E-state index in [0.29, 0.717) is 39.7 Å². The number of nitrogens with zero attached hydrogens (tertiary/aromatic N) is 2. The smallest absolute Gasteiger partial charge is 0.335 e. The lowest BCUT2D eigenvalue weighted by Crippen LogP contribution is -2.21. The molecule has 0 unspecified atom stereocenters. The third-order valence-corrected chi connectivity index (χ3v) is 5.61. The number of anilines is 2. The van der Waals surface area contributed by atoms with Gasteiger partial charge in [-0.25, -0.2) is 4.79 Å². The number of carbonyl (C=O) groups excluding carboxylic acids is 2. The predicted octanol–water partition coefficient (Wildman–Crippen LogP) is 4.53. The van der Waals surface area contributed by atoms with Gasteiger partial charge in [0.25, 0.3) is 11.8 Å². The van der Waals surface area contributed by atoms with Crippen molar-refractivity contribution < 1.29 is 29.0 Å². The summed E-state index contributed by atoms with van der Waals surface area (Å²) >= 11 is 0. The minimum atomic E-state index is -1.05. The van der Waals surface area contributed by atoms with Gasteiger partial charge in [-0.05, 0) is 74.0 Å². The van der Waals surface area contributed by atoms with E-state index in [1.807, 2.05) is 31.2 Å². The van der Waals surface area contributed by atoms with Crippen LogP contribution in [0.5, 0.6) is 11.5 Å². The molecule has 1 aliphatic heterocycles. The maximum atomic E-state index is 13.0. The van der Waals surface area contributed by atoms with Crippen LogP contribution in [0.25, 0.3) is 6.08 Å². The summed E-state index contributed by atoms with van der Waals surface area (Å²) in [7, 11) is 1.48. The van der Waals surface area contributed by atoms with Crippen molar-refractivity contribution in [2.24, 2.45) is 5.10 Å². The van der Waals surface area contributed by atoms with Crippen molar-refractivity contribution in [1.82, 2.24) is 0 Å². The lowest BCUT2D eigenvalue weighted by molar-refractivity contribution is -0.118. The van der Waals surface area contributed by atoms with Crippen molar-refractivity contribution in [1.29, 1.82) is 0 Å². The van der Waals surface area contributed by atoms with Crippen molar-refractivity contribution in [2.75, 3.05) is 24.0 Å². The van der Waals surface area contributed by atoms with Crippen molar-refractivity contribution >= 4 is 40.9 Å². The molecule has 0 fully saturated rings. The van der Waals surface area contributed by atoms with Gasteiger partial charge in [-0.3, -0.25) is 9.59 Å². The Bertz CT molecular complexity index is 1410. The highest BCUT2D eigenvalue weighted by Crippen LogP contribution is 2.31. The summed E-state index contributed by atoms with van der Waals surface area (Å²) in [6, 6.07) is 18.5. The molecule has 0 saturated carbocycles. The number of hydrazone groups is 1. The Labute approximate surface area is 213 Å². The van der Waals surface area contributed by atoms with Gasteiger partial charge < -0.3 is 19.9 Å². The molecule has 2 N–H and O–H groups in total. The molecule has 0 saturated heterocycles. The average molecular weight is 500 g/mol. The van der Waals surface area contributed by atoms with Gasteiger partial charge in [-0.15, -0.1) is 0 Å². The number of aromatic carboxylic acids is 1. The van der Waals surface area contributed by atoms with Crippen molar-refractivity contribution in [2.45, 2.75) is 13.8 Å². The van der Waals surface area contributed by atoms with Gasteiger partial charge in [-0.1, -0.05) is 23.8 Å². The molecule has 0 aliphatic carbocycles. The van der Waals surface area contributed by atoms with E-state index in [2.05, 4.69) is 10.4 Å². The summed E-state index contributed by atoms with van der Waals surface area (Å²) < 4.78 is 11.0. The number of hydrogen-bond donors (Lipinski definition) is 2. The molecule has 3 aromatic rings. The fraction of sp³-hybridized carbons (Fsp3) is 0.143. The number of methoxy groups -OCH3 is 1. The molecular formula is C28H25N3O6. The Hall–Kier alpha value is -4.92. The number of aryl methyl sites for hydroxylation is 1. The minimum absolute atomic E-state index is 0.123. The standard InChI is InChI=1S/C28H25N3O6/c1-17-4-11-22(12-5-17)31-27(33)23(18(2)30-31)14-19-6-13-24(25(15-19)36-3)37-16-26(32)29-21-9-7-20(8-10-21)28(34)35/h4-15H,16H2,1-3H3,(H,29,32)(H,34,35)/b23-14-. The van der Waals surface area contributed by atoms with Crippen molar-refractivity contribution in [3.8, 4) is 11.5 Å². The molecule has 2 amide bonds. The van der Waals surface area contributed by atoms with Crippen LogP contribution in [0.3, 0.4) is 0 Å². The zero-order valence-corrected chi connectivity index (χ0v) is 20.5. The normalized spacial score (nSPS) is 13.9. The topological polar surface area (TPSA) is 118 Å². The highest BCUT2D eigenvalue weighted by atomic mass is 16.5. The Morgan fingerprint density at radius 1 is 1.00 bits per heavy atom. The van der Waals surface area contributed by atoms with Gasteiger partial charge >= 0.3 is 5.97 Å². The monoisotopic (exact) mass is 499 g/mol. The predicted molar refractivity (Wildman–Crippen MR) is 140 cm³/mol. The molecule has 4 rings (SSSR count). The number of benzene rings is 3. The first kappa shape index (κ1) is 25.2. The SMILES string of the molecule is COc1cc(/C=C2\C(=O)N(c3ccc(C)cc3)N=C2C)ccc1OCC(=O)Nc1ccc(C(=O)O)cc1. The Balaban J connectivity index is 1.43. The first-order valence-electron chi connectivity index (χ1n) is 11.4. The number of carboxylic acids is 1. The first-order chi connectivity index (χ1) is 17.7. The van der Waals surface area contributed by atoms with Crippen molar-refractivity contribution in [3.63, 3.8) is 0 Å². The number of carbonyl (C=O) groups is 3. The minimum Gasteiger partial charge on any atom is -0.493 e. The Morgan fingerprint density at radius 3 is 2.35 bits per heavy atom. The maximum absolute atomic E-state index is 13.0. The molecular weight excluding hydrogens is 474 g/mol. The lowest BCUT2D eigenvalue weighted by Gasteiger charge is -2.12. The van der Waals surface area contributed by atoms with Crippen LogP contribution >= 0.6 is 0 Å². The van der Waals surface area contributed by atoms with Crippen LogP contribution in [0.15, 0.2) is 77.4 Å². The van der Waals surface area contributed by atoms with Crippen LogP contribution in [0.2, 0.25) is 0 Å². The average Bonchev–Trinajstić information content (AvgIpc) is 3.17. The second kappa shape index (κ2) is 10.8. The van der Waals surface area contributed by atoms with E-state index in [-0.39, 0.29) is 18.1 Å². The second-order valence-corrected chi connectivity index (χ2v) is 8.33. The highest BCUT2D eigenvalue weighted by Gasteiger charge is 2.28. The van der Waals surface area contributed by atoms with Gasteiger partial charge in [0.05, 0.1) is 29.6 Å². The van der Waals surface area contributed by atoms with Gasteiger partial charge in [-0.2, -0.15) is 10.1 Å². The summed E-state index contributed by atoms with van der Waals surface area (Å²) in [5.74, 6) is -0.950. The third-order valence-electron chi connectivity index (χ3n) is 5.61. The molecule has 188 valence electrons. The molecule has 1 heterocycles. The van der Waals surface area contributed by atoms with E-state index in [1.165, 1.54) is 36.4 Å². The summed E-state index contributed by atoms with van der Waals surface area (Å²) in [6.45, 7) is 3.47. The van der Waals surface area contributed by atoms with Crippen molar-refractivity contribution in [3.05, 3.63) is 89.0 Å². The molecule has 0 aromatic heterocycles. The molecule has 0 bridgehead atoms. The fourth-order valence-electron chi connectivity index (χ4n) is 3.64. The van der Waals surface area contributed by atoms with Gasteiger partial charge in [0.15, 0.2) is 18.1 Å². The van der Waals surface area contributed by atoms with Gasteiger partial charge in [0.1, 0.15) is 0 Å². The number of nitrogens with one attached hydrogen (secondary N) is 1. The van der Waals surface area contributed by atoms with Crippen LogP contribution in [0.1, 0.15) is 28.4 Å². The summed E-state index contributed by atoms with van der Waals surface area (Å²) in [6.07, 6.45) is 1.73. The summed E-state index contributed by atoms with van der Waals surface area (Å²) in [5, 5.41) is 17.4. The van der Waals surface area contributed by atoms with Gasteiger partial charge in [0.2, 0.25) is 0 Å². The van der Waals surface area contributed by atoms with Crippen LogP contribution in [0, 0.1) is 6.92 Å². The Kier molecular flexibility index (Phi) is 7.34. The number of ether oxygens (including phenoxy) is 2. The van der Waals surface area contributed by atoms with E-state index in [4.69, 9.17) is 14.6 Å². The number of carboxylic acid groups (broad SMARTS) is 1. The summed E-state index contributed by atoms with van der Waals surface area (Å²) in [4.78, 5) is 36.2. The third kappa shape index (κ3) is 5.84. The van der Waals surface area contributed by atoms with Crippen LogP contribution in [-0.4, -0.2) is 42.3 Å². The lowest BCUT2D eigenvalue weighted by atomic mass is 10.1. The van der Waals surface area contributed by atoms with Crippen LogP contribution < -0.4 is 19.8 Å². The fourth-order valence-corrected chi connectivity index (χ4v) is 3.64. The second-order valence-electron chi connectivity index (χ2n) is 8.33. The van der Waals surface area contributed by atoms with Crippen LogP contribution in [0.4, 0.5) is 11.4 Å². The van der Waals surface area contributed by atoms with E-state index in [9.17, 15) is 14.4 Å². The van der Waals surface area contributed by atoms with E-state index in [0.717, 1.165) is 5.56 Å². The van der Waals surface area contributed by atoms with Crippen LogP contribution in [-0.2, 0) is 9.59 Å².